The number of aryl methyl sites for hydroxylation is 2. The molecular formula is C15H25N. The first-order valence-electron chi connectivity index (χ1n) is 6.15. The van der Waals surface area contributed by atoms with Gasteiger partial charge in [0, 0.05) is 6.54 Å². The molecule has 0 heterocycles. The van der Waals surface area contributed by atoms with Gasteiger partial charge < -0.3 is 5.32 Å². The van der Waals surface area contributed by atoms with Crippen LogP contribution in [0.2, 0.25) is 0 Å². The van der Waals surface area contributed by atoms with Gasteiger partial charge in [0.2, 0.25) is 0 Å². The Bertz CT molecular complexity index is 334. The van der Waals surface area contributed by atoms with Crippen LogP contribution in [-0.4, -0.2) is 6.54 Å². The number of hydrogen-bond donors (Lipinski definition) is 1. The Hall–Kier alpha value is -0.820. The fourth-order valence-electron chi connectivity index (χ4n) is 1.73. The van der Waals surface area contributed by atoms with Crippen molar-refractivity contribution in [3.05, 3.63) is 34.9 Å². The molecule has 0 amide bonds. The van der Waals surface area contributed by atoms with Crippen LogP contribution in [0.3, 0.4) is 0 Å². The SMILES string of the molecule is Cc1ccc(CNCCC(C)(C)C)c(C)c1. The number of benzene rings is 1. The van der Waals surface area contributed by atoms with E-state index in [1.807, 2.05) is 0 Å². The Labute approximate surface area is 100 Å². The van der Waals surface area contributed by atoms with Crippen LogP contribution < -0.4 is 5.32 Å². The van der Waals surface area contributed by atoms with Gasteiger partial charge in [-0.25, -0.2) is 0 Å². The lowest BCUT2D eigenvalue weighted by Gasteiger charge is -2.18. The molecule has 0 spiro atoms. The second-order valence-electron chi connectivity index (χ2n) is 5.92. The first-order chi connectivity index (χ1) is 7.38. The lowest BCUT2D eigenvalue weighted by atomic mass is 9.92. The van der Waals surface area contributed by atoms with E-state index in [0.29, 0.717) is 5.41 Å². The van der Waals surface area contributed by atoms with E-state index in [-0.39, 0.29) is 0 Å². The molecule has 0 aliphatic rings. The molecule has 1 aromatic carbocycles. The highest BCUT2D eigenvalue weighted by Crippen LogP contribution is 2.17. The Morgan fingerprint density at radius 2 is 1.81 bits per heavy atom. The summed E-state index contributed by atoms with van der Waals surface area (Å²) >= 11 is 0. The van der Waals surface area contributed by atoms with E-state index in [9.17, 15) is 0 Å². The van der Waals surface area contributed by atoms with Crippen molar-refractivity contribution < 1.29 is 0 Å². The quantitative estimate of drug-likeness (QED) is 0.759. The molecule has 0 aromatic heterocycles. The van der Waals surface area contributed by atoms with Crippen molar-refractivity contribution in [2.45, 2.75) is 47.6 Å². The van der Waals surface area contributed by atoms with Crippen molar-refractivity contribution in [3.63, 3.8) is 0 Å². The zero-order valence-corrected chi connectivity index (χ0v) is 11.4. The summed E-state index contributed by atoms with van der Waals surface area (Å²) < 4.78 is 0. The molecule has 1 N–H and O–H groups in total. The molecule has 0 atom stereocenters. The van der Waals surface area contributed by atoms with E-state index in [2.05, 4.69) is 58.1 Å². The molecule has 0 saturated carbocycles. The van der Waals surface area contributed by atoms with Gasteiger partial charge in [0.1, 0.15) is 0 Å². The fraction of sp³-hybridized carbons (Fsp3) is 0.600. The third-order valence-electron chi connectivity index (χ3n) is 2.87. The number of hydrogen-bond acceptors (Lipinski definition) is 1. The van der Waals surface area contributed by atoms with Gasteiger partial charge in [0.15, 0.2) is 0 Å². The number of nitrogens with one attached hydrogen (secondary N) is 1. The van der Waals surface area contributed by atoms with Crippen molar-refractivity contribution in [1.82, 2.24) is 5.32 Å². The average molecular weight is 219 g/mol. The van der Waals surface area contributed by atoms with E-state index < -0.39 is 0 Å². The van der Waals surface area contributed by atoms with Crippen molar-refractivity contribution in [3.8, 4) is 0 Å². The molecule has 1 heteroatoms. The predicted octanol–water partition coefficient (Wildman–Crippen LogP) is 3.83. The third kappa shape index (κ3) is 4.80. The van der Waals surface area contributed by atoms with E-state index in [4.69, 9.17) is 0 Å². The second-order valence-corrected chi connectivity index (χ2v) is 5.92. The van der Waals surface area contributed by atoms with Crippen molar-refractivity contribution >= 4 is 0 Å². The van der Waals surface area contributed by atoms with E-state index in [1.165, 1.54) is 23.1 Å². The molecule has 0 bridgehead atoms. The summed E-state index contributed by atoms with van der Waals surface area (Å²) in [5.41, 5.74) is 4.58. The molecule has 0 aliphatic carbocycles. The Morgan fingerprint density at radius 1 is 1.12 bits per heavy atom. The minimum Gasteiger partial charge on any atom is -0.313 e. The average Bonchev–Trinajstić information content (AvgIpc) is 2.13. The lowest BCUT2D eigenvalue weighted by Crippen LogP contribution is -2.20. The van der Waals surface area contributed by atoms with Gasteiger partial charge in [-0.15, -0.1) is 0 Å². The zero-order chi connectivity index (χ0) is 12.2. The van der Waals surface area contributed by atoms with E-state index >= 15 is 0 Å². The summed E-state index contributed by atoms with van der Waals surface area (Å²) in [5, 5.41) is 3.52. The van der Waals surface area contributed by atoms with Gasteiger partial charge in [-0.3, -0.25) is 0 Å². The summed E-state index contributed by atoms with van der Waals surface area (Å²) in [6.45, 7) is 13.3. The first-order valence-corrected chi connectivity index (χ1v) is 6.15. The minimum absolute atomic E-state index is 0.426. The molecule has 90 valence electrons. The van der Waals surface area contributed by atoms with Crippen molar-refractivity contribution in [2.75, 3.05) is 6.54 Å². The minimum atomic E-state index is 0.426. The van der Waals surface area contributed by atoms with Crippen LogP contribution in [0.15, 0.2) is 18.2 Å². The van der Waals surface area contributed by atoms with Gasteiger partial charge in [0.25, 0.3) is 0 Å². The third-order valence-corrected chi connectivity index (χ3v) is 2.87. The summed E-state index contributed by atoms with van der Waals surface area (Å²) in [5.74, 6) is 0. The van der Waals surface area contributed by atoms with Crippen LogP contribution in [0.5, 0.6) is 0 Å². The van der Waals surface area contributed by atoms with Crippen LogP contribution in [0.4, 0.5) is 0 Å². The summed E-state index contributed by atoms with van der Waals surface area (Å²) in [6.07, 6.45) is 1.22. The Morgan fingerprint density at radius 3 is 2.38 bits per heavy atom. The van der Waals surface area contributed by atoms with E-state index in [0.717, 1.165) is 13.1 Å². The molecule has 0 aliphatic heterocycles. The maximum atomic E-state index is 3.52. The van der Waals surface area contributed by atoms with Gasteiger partial charge in [0.05, 0.1) is 0 Å². The smallest absolute Gasteiger partial charge is 0.0208 e. The molecule has 1 rings (SSSR count). The molecule has 0 fully saturated rings. The van der Waals surface area contributed by atoms with Gasteiger partial charge in [-0.05, 0) is 43.4 Å². The molecule has 0 unspecified atom stereocenters. The van der Waals surface area contributed by atoms with Crippen LogP contribution in [0, 0.1) is 19.3 Å². The van der Waals surface area contributed by atoms with Crippen LogP contribution in [0.25, 0.3) is 0 Å². The summed E-state index contributed by atoms with van der Waals surface area (Å²) in [6, 6.07) is 6.67. The highest BCUT2D eigenvalue weighted by atomic mass is 14.8. The second kappa shape index (κ2) is 5.49. The fourth-order valence-corrected chi connectivity index (χ4v) is 1.73. The molecule has 16 heavy (non-hydrogen) atoms. The molecule has 1 aromatic rings. The first kappa shape index (κ1) is 13.2. The summed E-state index contributed by atoms with van der Waals surface area (Å²) in [7, 11) is 0. The maximum Gasteiger partial charge on any atom is 0.0208 e. The van der Waals surface area contributed by atoms with Gasteiger partial charge >= 0.3 is 0 Å². The van der Waals surface area contributed by atoms with Gasteiger partial charge in [-0.2, -0.15) is 0 Å². The monoisotopic (exact) mass is 219 g/mol. The van der Waals surface area contributed by atoms with Crippen molar-refractivity contribution in [2.24, 2.45) is 5.41 Å². The van der Waals surface area contributed by atoms with Gasteiger partial charge in [-0.1, -0.05) is 44.5 Å². The number of rotatable bonds is 4. The Kier molecular flexibility index (Phi) is 4.55. The normalized spacial score (nSPS) is 11.8. The highest BCUT2D eigenvalue weighted by Gasteiger charge is 2.08. The zero-order valence-electron chi connectivity index (χ0n) is 11.4. The van der Waals surface area contributed by atoms with E-state index in [1.54, 1.807) is 0 Å². The summed E-state index contributed by atoms with van der Waals surface area (Å²) in [4.78, 5) is 0. The molecular weight excluding hydrogens is 194 g/mol. The topological polar surface area (TPSA) is 12.0 Å². The predicted molar refractivity (Wildman–Crippen MR) is 71.7 cm³/mol. The molecule has 0 radical (unpaired) electrons. The largest absolute Gasteiger partial charge is 0.313 e. The van der Waals surface area contributed by atoms with Crippen LogP contribution in [0.1, 0.15) is 43.9 Å². The lowest BCUT2D eigenvalue weighted by molar-refractivity contribution is 0.366. The standard InChI is InChI=1S/C15H25N/c1-12-6-7-14(13(2)10-12)11-16-9-8-15(3,4)5/h6-7,10,16H,8-9,11H2,1-5H3. The maximum absolute atomic E-state index is 3.52. The Balaban J connectivity index is 2.38. The van der Waals surface area contributed by atoms with Crippen LogP contribution in [-0.2, 0) is 6.54 Å². The highest BCUT2D eigenvalue weighted by molar-refractivity contribution is 5.30. The van der Waals surface area contributed by atoms with Crippen LogP contribution >= 0.6 is 0 Å². The van der Waals surface area contributed by atoms with Crippen molar-refractivity contribution in [1.29, 1.82) is 0 Å². The molecule has 1 nitrogen and oxygen atoms in total. The molecule has 0 saturated heterocycles.